The van der Waals surface area contributed by atoms with E-state index in [2.05, 4.69) is 26.2 Å². The molecule has 3 rings (SSSR count). The van der Waals surface area contributed by atoms with Crippen molar-refractivity contribution in [2.75, 3.05) is 5.32 Å². The number of thiophene rings is 1. The van der Waals surface area contributed by atoms with Crippen LogP contribution in [-0.4, -0.2) is 10.9 Å². The monoisotopic (exact) mass is 390 g/mol. The van der Waals surface area contributed by atoms with E-state index in [1.165, 1.54) is 17.4 Å². The van der Waals surface area contributed by atoms with Gasteiger partial charge in [-0.15, -0.1) is 22.7 Å². The average molecular weight is 391 g/mol. The van der Waals surface area contributed by atoms with Gasteiger partial charge in [0.2, 0.25) is 5.91 Å². The molecule has 6 heteroatoms. The van der Waals surface area contributed by atoms with Gasteiger partial charge in [0, 0.05) is 26.4 Å². The fourth-order valence-electron chi connectivity index (χ4n) is 1.78. The molecule has 0 saturated carbocycles. The van der Waals surface area contributed by atoms with Crippen LogP contribution in [0.1, 0.15) is 4.88 Å². The predicted octanol–water partition coefficient (Wildman–Crippen LogP) is 5.29. The summed E-state index contributed by atoms with van der Waals surface area (Å²) >= 11 is 6.41. The van der Waals surface area contributed by atoms with Crippen molar-refractivity contribution in [2.45, 2.75) is 0 Å². The molecule has 0 unspecified atom stereocenters. The van der Waals surface area contributed by atoms with Gasteiger partial charge in [-0.1, -0.05) is 34.1 Å². The van der Waals surface area contributed by atoms with Crippen molar-refractivity contribution in [3.05, 3.63) is 62.6 Å². The first kappa shape index (κ1) is 15.1. The molecule has 0 aliphatic carbocycles. The number of anilines is 1. The van der Waals surface area contributed by atoms with Crippen LogP contribution >= 0.6 is 38.6 Å². The van der Waals surface area contributed by atoms with Crippen molar-refractivity contribution in [3.63, 3.8) is 0 Å². The number of carbonyl (C=O) groups excluding carboxylic acids is 1. The predicted molar refractivity (Wildman–Crippen MR) is 97.2 cm³/mol. The zero-order valence-corrected chi connectivity index (χ0v) is 14.5. The highest BCUT2D eigenvalue weighted by molar-refractivity contribution is 9.10. The smallest absolute Gasteiger partial charge is 0.250 e. The number of aromatic nitrogens is 1. The Balaban J connectivity index is 1.66. The highest BCUT2D eigenvalue weighted by Gasteiger charge is 2.06. The topological polar surface area (TPSA) is 42.0 Å². The van der Waals surface area contributed by atoms with E-state index in [1.807, 2.05) is 47.2 Å². The Labute approximate surface area is 144 Å². The number of amides is 1. The SMILES string of the molecule is O=C(/C=C/c1cccs1)Nc1nc(-c2ccc(Br)cc2)cs1. The Bertz CT molecular complexity index is 792. The fraction of sp³-hybridized carbons (Fsp3) is 0. The van der Waals surface area contributed by atoms with Crippen molar-refractivity contribution in [1.29, 1.82) is 0 Å². The van der Waals surface area contributed by atoms with Crippen LogP contribution in [0.3, 0.4) is 0 Å². The third-order valence-electron chi connectivity index (χ3n) is 2.82. The summed E-state index contributed by atoms with van der Waals surface area (Å²) in [5.41, 5.74) is 1.88. The highest BCUT2D eigenvalue weighted by Crippen LogP contribution is 2.26. The second kappa shape index (κ2) is 7.00. The van der Waals surface area contributed by atoms with Gasteiger partial charge in [0.15, 0.2) is 5.13 Å². The molecule has 0 fully saturated rings. The summed E-state index contributed by atoms with van der Waals surface area (Å²) in [6.07, 6.45) is 3.32. The van der Waals surface area contributed by atoms with Crippen molar-refractivity contribution < 1.29 is 4.79 Å². The van der Waals surface area contributed by atoms with Gasteiger partial charge in [0.05, 0.1) is 5.69 Å². The molecule has 0 spiro atoms. The lowest BCUT2D eigenvalue weighted by atomic mass is 10.2. The van der Waals surface area contributed by atoms with E-state index in [9.17, 15) is 4.79 Å². The van der Waals surface area contributed by atoms with Gasteiger partial charge in [-0.25, -0.2) is 4.98 Å². The van der Waals surface area contributed by atoms with Gasteiger partial charge >= 0.3 is 0 Å². The maximum Gasteiger partial charge on any atom is 0.250 e. The molecule has 0 atom stereocenters. The van der Waals surface area contributed by atoms with Gasteiger partial charge in [-0.2, -0.15) is 0 Å². The molecule has 1 aromatic carbocycles. The Kier molecular flexibility index (Phi) is 4.82. The van der Waals surface area contributed by atoms with Gasteiger partial charge in [-0.05, 0) is 29.7 Å². The maximum atomic E-state index is 11.9. The molecule has 0 bridgehead atoms. The van der Waals surface area contributed by atoms with Crippen LogP contribution in [0.25, 0.3) is 17.3 Å². The lowest BCUT2D eigenvalue weighted by molar-refractivity contribution is -0.111. The number of hydrogen-bond donors (Lipinski definition) is 1. The summed E-state index contributed by atoms with van der Waals surface area (Å²) in [4.78, 5) is 17.3. The first-order chi connectivity index (χ1) is 10.7. The van der Waals surface area contributed by atoms with Crippen LogP contribution in [0.2, 0.25) is 0 Å². The number of nitrogens with zero attached hydrogens (tertiary/aromatic N) is 1. The van der Waals surface area contributed by atoms with E-state index >= 15 is 0 Å². The molecule has 0 aliphatic rings. The zero-order chi connectivity index (χ0) is 15.4. The van der Waals surface area contributed by atoms with Crippen LogP contribution in [0.5, 0.6) is 0 Å². The molecule has 0 radical (unpaired) electrons. The lowest BCUT2D eigenvalue weighted by Gasteiger charge is -1.97. The average Bonchev–Trinajstić information content (AvgIpc) is 3.17. The van der Waals surface area contributed by atoms with Crippen LogP contribution in [0.4, 0.5) is 5.13 Å². The first-order valence-corrected chi connectivity index (χ1v) is 9.00. The summed E-state index contributed by atoms with van der Waals surface area (Å²) in [6, 6.07) is 11.8. The Hall–Kier alpha value is -1.76. The molecular formula is C16H11BrN2OS2. The van der Waals surface area contributed by atoms with Crippen LogP contribution in [0, 0.1) is 0 Å². The number of thiazole rings is 1. The fourth-order valence-corrected chi connectivity index (χ4v) is 3.38. The van der Waals surface area contributed by atoms with E-state index in [4.69, 9.17) is 0 Å². The normalized spacial score (nSPS) is 11.0. The zero-order valence-electron chi connectivity index (χ0n) is 11.3. The number of nitrogens with one attached hydrogen (secondary N) is 1. The van der Waals surface area contributed by atoms with Crippen molar-refractivity contribution in [3.8, 4) is 11.3 Å². The molecule has 2 aromatic heterocycles. The second-order valence-electron chi connectivity index (χ2n) is 4.38. The molecule has 2 heterocycles. The Morgan fingerprint density at radius 2 is 2.00 bits per heavy atom. The third-order valence-corrected chi connectivity index (χ3v) is 4.94. The molecule has 3 nitrogen and oxygen atoms in total. The summed E-state index contributed by atoms with van der Waals surface area (Å²) in [6.45, 7) is 0. The van der Waals surface area contributed by atoms with E-state index < -0.39 is 0 Å². The van der Waals surface area contributed by atoms with Gasteiger partial charge in [-0.3, -0.25) is 10.1 Å². The molecule has 3 aromatic rings. The number of rotatable bonds is 4. The summed E-state index contributed by atoms with van der Waals surface area (Å²) in [5, 5.41) is 7.29. The first-order valence-electron chi connectivity index (χ1n) is 6.45. The number of carbonyl (C=O) groups is 1. The molecule has 1 amide bonds. The minimum absolute atomic E-state index is 0.176. The minimum Gasteiger partial charge on any atom is -0.298 e. The van der Waals surface area contributed by atoms with Crippen LogP contribution in [0.15, 0.2) is 57.7 Å². The van der Waals surface area contributed by atoms with Gasteiger partial charge in [0.25, 0.3) is 0 Å². The van der Waals surface area contributed by atoms with Crippen molar-refractivity contribution in [2.24, 2.45) is 0 Å². The number of halogens is 1. The molecule has 110 valence electrons. The quantitative estimate of drug-likeness (QED) is 0.615. The third kappa shape index (κ3) is 3.91. The van der Waals surface area contributed by atoms with Crippen molar-refractivity contribution in [1.82, 2.24) is 4.98 Å². The van der Waals surface area contributed by atoms with Crippen LogP contribution < -0.4 is 5.32 Å². The summed E-state index contributed by atoms with van der Waals surface area (Å²) < 4.78 is 1.03. The number of hydrogen-bond acceptors (Lipinski definition) is 4. The number of benzene rings is 1. The highest BCUT2D eigenvalue weighted by atomic mass is 79.9. The van der Waals surface area contributed by atoms with Gasteiger partial charge in [0.1, 0.15) is 0 Å². The standard InChI is InChI=1S/C16H11BrN2OS2/c17-12-5-3-11(4-6-12)14-10-22-16(18-14)19-15(20)8-7-13-2-1-9-21-13/h1-10H,(H,18,19,20)/b8-7+. The molecule has 1 N–H and O–H groups in total. The molecular weight excluding hydrogens is 380 g/mol. The second-order valence-corrected chi connectivity index (χ2v) is 7.14. The van der Waals surface area contributed by atoms with E-state index in [-0.39, 0.29) is 5.91 Å². The van der Waals surface area contributed by atoms with Crippen molar-refractivity contribution >= 4 is 55.7 Å². The Morgan fingerprint density at radius 1 is 1.18 bits per heavy atom. The van der Waals surface area contributed by atoms with Crippen LogP contribution in [-0.2, 0) is 4.79 Å². The molecule has 0 aliphatic heterocycles. The largest absolute Gasteiger partial charge is 0.298 e. The Morgan fingerprint density at radius 3 is 2.73 bits per heavy atom. The summed E-state index contributed by atoms with van der Waals surface area (Å²) in [7, 11) is 0. The molecule has 22 heavy (non-hydrogen) atoms. The lowest BCUT2D eigenvalue weighted by Crippen LogP contribution is -2.07. The maximum absolute atomic E-state index is 11.9. The van der Waals surface area contributed by atoms with E-state index in [0.29, 0.717) is 5.13 Å². The van der Waals surface area contributed by atoms with E-state index in [1.54, 1.807) is 17.4 Å². The van der Waals surface area contributed by atoms with E-state index in [0.717, 1.165) is 20.6 Å². The van der Waals surface area contributed by atoms with Gasteiger partial charge < -0.3 is 0 Å². The summed E-state index contributed by atoms with van der Waals surface area (Å²) in [5.74, 6) is -0.176. The minimum atomic E-state index is -0.176. The molecule has 0 saturated heterocycles.